The van der Waals surface area contributed by atoms with Crippen LogP contribution in [0, 0.1) is 17.8 Å². The molecule has 2 rings (SSSR count). The highest BCUT2D eigenvalue weighted by molar-refractivity contribution is 5.89. The van der Waals surface area contributed by atoms with Crippen molar-refractivity contribution >= 4 is 29.6 Å². The van der Waals surface area contributed by atoms with Crippen LogP contribution in [-0.4, -0.2) is 155 Å². The molecular formula is C41H72N8O6. The maximum atomic E-state index is 14.3. The van der Waals surface area contributed by atoms with Gasteiger partial charge in [0.05, 0.1) is 36.6 Å². The summed E-state index contributed by atoms with van der Waals surface area (Å²) in [6.07, 6.45) is 1.98. The average molecular weight is 773 g/mol. The number of carbonyl (C=O) groups is 4. The fourth-order valence-electron chi connectivity index (χ4n) is 7.56. The van der Waals surface area contributed by atoms with Crippen molar-refractivity contribution in [3.63, 3.8) is 0 Å². The van der Waals surface area contributed by atoms with Gasteiger partial charge in [-0.1, -0.05) is 71.4 Å². The third kappa shape index (κ3) is 13.5. The Hall–Kier alpha value is -3.75. The molecule has 1 fully saturated rings. The molecule has 1 aliphatic rings. The number of likely N-dealkylation sites (N-methyl/N-ethyl adjacent to an activating group) is 1. The van der Waals surface area contributed by atoms with Crippen LogP contribution in [0.5, 0.6) is 0 Å². The van der Waals surface area contributed by atoms with E-state index < -0.39 is 36.3 Å². The minimum absolute atomic E-state index is 0.0202. The van der Waals surface area contributed by atoms with Gasteiger partial charge in [0.25, 0.3) is 0 Å². The Morgan fingerprint density at radius 2 is 1.60 bits per heavy atom. The van der Waals surface area contributed by atoms with Crippen molar-refractivity contribution in [2.24, 2.45) is 28.5 Å². The molecule has 1 aromatic rings. The number of benzene rings is 1. The molecule has 4 amide bonds. The molecule has 1 aromatic carbocycles. The van der Waals surface area contributed by atoms with E-state index in [1.165, 1.54) is 0 Å². The zero-order valence-corrected chi connectivity index (χ0v) is 35.7. The molecule has 8 atom stereocenters. The fraction of sp³-hybridized carbons (Fsp3) is 0.732. The van der Waals surface area contributed by atoms with Gasteiger partial charge in [0, 0.05) is 69.0 Å². The zero-order chi connectivity index (χ0) is 41.4. The number of nitrogens with zero attached hydrogens (tertiary/aromatic N) is 5. The summed E-state index contributed by atoms with van der Waals surface area (Å²) in [5, 5.41) is 5.87. The molecule has 0 aliphatic carbocycles. The molecular weight excluding hydrogens is 701 g/mol. The number of ether oxygens (including phenoxy) is 2. The molecule has 0 spiro atoms. The Labute approximate surface area is 330 Å². The van der Waals surface area contributed by atoms with E-state index >= 15 is 0 Å². The Morgan fingerprint density at radius 1 is 0.964 bits per heavy atom. The summed E-state index contributed by atoms with van der Waals surface area (Å²) in [5.41, 5.74) is 6.55. The van der Waals surface area contributed by atoms with E-state index in [9.17, 15) is 19.2 Å². The van der Waals surface area contributed by atoms with Crippen LogP contribution < -0.4 is 16.4 Å². The lowest BCUT2D eigenvalue weighted by Gasteiger charge is -2.40. The highest BCUT2D eigenvalue weighted by atomic mass is 16.5. The molecule has 55 heavy (non-hydrogen) atoms. The summed E-state index contributed by atoms with van der Waals surface area (Å²) >= 11 is 0. The van der Waals surface area contributed by atoms with Crippen molar-refractivity contribution < 1.29 is 28.7 Å². The monoisotopic (exact) mass is 773 g/mol. The first-order valence-electron chi connectivity index (χ1n) is 19.9. The van der Waals surface area contributed by atoms with Crippen molar-refractivity contribution in [1.29, 1.82) is 0 Å². The molecule has 0 bridgehead atoms. The van der Waals surface area contributed by atoms with Crippen LogP contribution in [0.25, 0.3) is 0 Å². The molecule has 4 N–H and O–H groups in total. The van der Waals surface area contributed by atoms with E-state index in [1.54, 1.807) is 33.1 Å². The topological polar surface area (TPSA) is 162 Å². The highest BCUT2D eigenvalue weighted by Crippen LogP contribution is 2.30. The van der Waals surface area contributed by atoms with Gasteiger partial charge in [-0.2, -0.15) is 0 Å². The van der Waals surface area contributed by atoms with Gasteiger partial charge in [-0.3, -0.25) is 19.2 Å². The number of rotatable bonds is 21. The van der Waals surface area contributed by atoms with Crippen molar-refractivity contribution in [2.45, 2.75) is 110 Å². The average Bonchev–Trinajstić information content (AvgIpc) is 3.64. The lowest BCUT2D eigenvalue weighted by atomic mass is 9.89. The summed E-state index contributed by atoms with van der Waals surface area (Å²) in [6.45, 7) is 11.3. The van der Waals surface area contributed by atoms with Crippen LogP contribution in [0.2, 0.25) is 0 Å². The quantitative estimate of drug-likeness (QED) is 0.0970. The van der Waals surface area contributed by atoms with Crippen LogP contribution >= 0.6 is 0 Å². The normalized spacial score (nSPS) is 18.0. The number of aliphatic imine (C=N–C) groups is 1. The van der Waals surface area contributed by atoms with Gasteiger partial charge >= 0.3 is 0 Å². The van der Waals surface area contributed by atoms with Gasteiger partial charge in [-0.05, 0) is 43.2 Å². The van der Waals surface area contributed by atoms with Gasteiger partial charge in [0.15, 0.2) is 5.96 Å². The van der Waals surface area contributed by atoms with Crippen LogP contribution in [0.3, 0.4) is 0 Å². The molecule has 1 heterocycles. The number of methoxy groups -OCH3 is 2. The number of hydrogen-bond acceptors (Lipinski definition) is 8. The fourth-order valence-corrected chi connectivity index (χ4v) is 7.56. The molecule has 0 aromatic heterocycles. The van der Waals surface area contributed by atoms with Gasteiger partial charge in [-0.15, -0.1) is 0 Å². The van der Waals surface area contributed by atoms with Crippen LogP contribution in [0.1, 0.15) is 72.3 Å². The third-order valence-electron chi connectivity index (χ3n) is 10.8. The Kier molecular flexibility index (Phi) is 20.1. The first kappa shape index (κ1) is 47.4. The maximum absolute atomic E-state index is 14.3. The lowest BCUT2D eigenvalue weighted by molar-refractivity contribution is -0.146. The predicted molar refractivity (Wildman–Crippen MR) is 218 cm³/mol. The van der Waals surface area contributed by atoms with Crippen LogP contribution in [0.15, 0.2) is 35.3 Å². The highest BCUT2D eigenvalue weighted by Gasteiger charge is 2.43. The summed E-state index contributed by atoms with van der Waals surface area (Å²) in [7, 11) is 12.5. The van der Waals surface area contributed by atoms with Crippen molar-refractivity contribution in [2.75, 3.05) is 69.1 Å². The summed E-state index contributed by atoms with van der Waals surface area (Å²) in [5.74, 6) is -0.901. The van der Waals surface area contributed by atoms with Crippen LogP contribution in [0.4, 0.5) is 0 Å². The van der Waals surface area contributed by atoms with Crippen LogP contribution in [-0.2, 0) is 35.1 Å². The van der Waals surface area contributed by atoms with E-state index in [0.29, 0.717) is 44.9 Å². The number of nitrogens with two attached hydrogens (primary N) is 1. The van der Waals surface area contributed by atoms with E-state index in [1.807, 2.05) is 87.1 Å². The smallest absolute Gasteiger partial charge is 0.247 e. The standard InChI is InChI=1S/C41H72N8O6/c1-13-28(4)36(48(10)40(53)35(27(2)3)45-41(46(6)7)47(8)9)33(54-11)26-34(50)49-24-17-21-32(49)37(55-12)29(5)38(51)44-31(39(52)43-23-18-22-42)25-30-19-15-14-16-20-30/h14-16,19-20,27-29,31-33,35-37H,13,17-18,21-26,42H2,1-12H3,(H,43,52)(H,44,51)/t28-,29+,31-,32-,33+,35?,36-,37+/m0/s1. The molecule has 0 saturated carbocycles. The number of likely N-dealkylation sites (tertiary alicyclic amines) is 1. The van der Waals surface area contributed by atoms with Crippen molar-refractivity contribution in [3.8, 4) is 0 Å². The molecule has 1 unspecified atom stereocenters. The van der Waals surface area contributed by atoms with E-state index in [-0.39, 0.29) is 47.9 Å². The first-order valence-corrected chi connectivity index (χ1v) is 19.9. The largest absolute Gasteiger partial charge is 0.379 e. The molecule has 0 radical (unpaired) electrons. The Morgan fingerprint density at radius 3 is 2.13 bits per heavy atom. The van der Waals surface area contributed by atoms with E-state index in [2.05, 4.69) is 24.5 Å². The van der Waals surface area contributed by atoms with Gasteiger partial charge in [-0.25, -0.2) is 4.99 Å². The summed E-state index contributed by atoms with van der Waals surface area (Å²) in [4.78, 5) is 67.8. The number of amides is 4. The number of nitrogens with one attached hydrogen (secondary N) is 2. The van der Waals surface area contributed by atoms with Crippen molar-refractivity contribution in [3.05, 3.63) is 35.9 Å². The number of hydrogen-bond donors (Lipinski definition) is 3. The predicted octanol–water partition coefficient (Wildman–Crippen LogP) is 2.60. The summed E-state index contributed by atoms with van der Waals surface area (Å²) < 4.78 is 12.0. The third-order valence-corrected chi connectivity index (χ3v) is 10.8. The second-order valence-electron chi connectivity index (χ2n) is 15.7. The summed E-state index contributed by atoms with van der Waals surface area (Å²) in [6, 6.07) is 7.35. The van der Waals surface area contributed by atoms with Gasteiger partial charge in [0.1, 0.15) is 12.1 Å². The van der Waals surface area contributed by atoms with Gasteiger partial charge < -0.3 is 45.4 Å². The Bertz CT molecular complexity index is 1370. The maximum Gasteiger partial charge on any atom is 0.247 e. The first-order chi connectivity index (χ1) is 26.0. The van der Waals surface area contributed by atoms with Crippen molar-refractivity contribution in [1.82, 2.24) is 30.2 Å². The second kappa shape index (κ2) is 23.3. The minimum Gasteiger partial charge on any atom is -0.379 e. The SMILES string of the molecule is CC[C@H](C)[C@@H]([C@@H](CC(=O)N1CCC[C@H]1[C@H](OC)[C@@H](C)C(=O)N[C@@H](Cc1ccccc1)C(=O)NCCCN)OC)N(C)C(=O)C(N=C(N(C)C)N(C)C)C(C)C. The van der Waals surface area contributed by atoms with E-state index in [4.69, 9.17) is 20.2 Å². The minimum atomic E-state index is -0.799. The molecule has 1 saturated heterocycles. The second-order valence-corrected chi connectivity index (χ2v) is 15.7. The number of carbonyl (C=O) groups excluding carboxylic acids is 4. The molecule has 312 valence electrons. The molecule has 14 nitrogen and oxygen atoms in total. The lowest BCUT2D eigenvalue weighted by Crippen LogP contribution is -2.55. The Balaban J connectivity index is 2.31. The van der Waals surface area contributed by atoms with E-state index in [0.717, 1.165) is 18.4 Å². The zero-order valence-electron chi connectivity index (χ0n) is 35.7. The molecule has 14 heteroatoms. The number of guanidine groups is 1. The van der Waals surface area contributed by atoms with Gasteiger partial charge in [0.2, 0.25) is 23.6 Å². The molecule has 1 aliphatic heterocycles.